The lowest BCUT2D eigenvalue weighted by Gasteiger charge is -2.28. The van der Waals surface area contributed by atoms with E-state index in [9.17, 15) is 9.65 Å². The summed E-state index contributed by atoms with van der Waals surface area (Å²) in [5.41, 5.74) is 9.38. The molecule has 2 bridgehead atoms. The van der Waals surface area contributed by atoms with E-state index >= 15 is 0 Å². The summed E-state index contributed by atoms with van der Waals surface area (Å²) in [5, 5.41) is 13.2. The predicted octanol–water partition coefficient (Wildman–Crippen LogP) is 2.70. The largest absolute Gasteiger partial charge is 0.496 e. The minimum atomic E-state index is -0.383. The Labute approximate surface area is 139 Å². The Morgan fingerprint density at radius 2 is 2.25 bits per heavy atom. The standard InChI is InChI=1S/C18H17FN4O/c1-24-15-5-2-9(19)6-11(15)16-12(8-20)18(21)23-14-7-10-3-4-13(22-10)17(14)16/h2,5-6,10,13,22H,3-4,7H2,1H3,(H2,21,23)/t10-,13+/m0/s1. The highest BCUT2D eigenvalue weighted by molar-refractivity contribution is 5.83. The van der Waals surface area contributed by atoms with Crippen molar-refractivity contribution in [3.05, 3.63) is 40.8 Å². The van der Waals surface area contributed by atoms with Gasteiger partial charge in [0.15, 0.2) is 0 Å². The summed E-state index contributed by atoms with van der Waals surface area (Å²) in [7, 11) is 1.53. The van der Waals surface area contributed by atoms with Crippen molar-refractivity contribution in [2.75, 3.05) is 12.8 Å². The summed E-state index contributed by atoms with van der Waals surface area (Å²) >= 11 is 0. The van der Waals surface area contributed by atoms with Gasteiger partial charge in [-0.15, -0.1) is 0 Å². The molecule has 2 aromatic rings. The van der Waals surface area contributed by atoms with Crippen LogP contribution < -0.4 is 15.8 Å². The van der Waals surface area contributed by atoms with E-state index in [0.29, 0.717) is 22.9 Å². The molecule has 0 spiro atoms. The van der Waals surface area contributed by atoms with Crippen molar-refractivity contribution in [2.45, 2.75) is 31.3 Å². The Kier molecular flexibility index (Phi) is 3.39. The molecule has 5 nitrogen and oxygen atoms in total. The van der Waals surface area contributed by atoms with Crippen LogP contribution in [0.4, 0.5) is 10.2 Å². The second-order valence-corrected chi connectivity index (χ2v) is 6.26. The lowest BCUT2D eigenvalue weighted by atomic mass is 9.87. The maximum atomic E-state index is 13.9. The number of nitrogens with one attached hydrogen (secondary N) is 1. The Bertz CT molecular complexity index is 874. The molecule has 0 aliphatic carbocycles. The van der Waals surface area contributed by atoms with Crippen molar-refractivity contribution < 1.29 is 9.13 Å². The van der Waals surface area contributed by atoms with E-state index in [0.717, 1.165) is 30.5 Å². The second-order valence-electron chi connectivity index (χ2n) is 6.26. The van der Waals surface area contributed by atoms with Crippen LogP contribution >= 0.6 is 0 Å². The summed E-state index contributed by atoms with van der Waals surface area (Å²) in [6, 6.07) is 6.97. The number of nitrogens with two attached hydrogens (primary N) is 1. The highest BCUT2D eigenvalue weighted by Crippen LogP contribution is 2.45. The van der Waals surface area contributed by atoms with Crippen LogP contribution in [0, 0.1) is 17.1 Å². The lowest BCUT2D eigenvalue weighted by molar-refractivity contribution is 0.415. The lowest BCUT2D eigenvalue weighted by Crippen LogP contribution is -2.33. The molecule has 1 aromatic heterocycles. The number of methoxy groups -OCH3 is 1. The number of nitrogens with zero attached hydrogens (tertiary/aromatic N) is 2. The van der Waals surface area contributed by atoms with Crippen LogP contribution in [0.25, 0.3) is 11.1 Å². The average Bonchev–Trinajstić information content (AvgIpc) is 2.95. The third kappa shape index (κ3) is 2.13. The van der Waals surface area contributed by atoms with Crippen LogP contribution in [-0.2, 0) is 6.42 Å². The molecule has 4 rings (SSSR count). The summed E-state index contributed by atoms with van der Waals surface area (Å²) < 4.78 is 19.3. The van der Waals surface area contributed by atoms with Crippen LogP contribution in [0.5, 0.6) is 5.75 Å². The van der Waals surface area contributed by atoms with E-state index < -0.39 is 0 Å². The molecular weight excluding hydrogens is 307 g/mol. The molecule has 0 amide bonds. The minimum Gasteiger partial charge on any atom is -0.496 e. The maximum absolute atomic E-state index is 13.9. The zero-order valence-corrected chi connectivity index (χ0v) is 13.3. The molecule has 3 N–H and O–H groups in total. The van der Waals surface area contributed by atoms with Crippen molar-refractivity contribution in [1.29, 1.82) is 5.26 Å². The molecule has 122 valence electrons. The monoisotopic (exact) mass is 324 g/mol. The van der Waals surface area contributed by atoms with Crippen LogP contribution in [0.1, 0.15) is 35.7 Å². The molecule has 2 aliphatic rings. The number of nitrogen functional groups attached to an aromatic ring is 1. The Hall–Kier alpha value is -2.65. The first kappa shape index (κ1) is 14.9. The zero-order chi connectivity index (χ0) is 16.8. The van der Waals surface area contributed by atoms with Gasteiger partial charge in [-0.05, 0) is 31.0 Å². The van der Waals surface area contributed by atoms with Crippen LogP contribution in [0.15, 0.2) is 18.2 Å². The van der Waals surface area contributed by atoms with Gasteiger partial charge in [0.1, 0.15) is 29.0 Å². The minimum absolute atomic E-state index is 0.113. The number of aromatic nitrogens is 1. The molecule has 0 saturated carbocycles. The number of halogens is 1. The number of pyridine rings is 1. The number of nitriles is 1. The number of hydrogen-bond donors (Lipinski definition) is 2. The van der Waals surface area contributed by atoms with E-state index in [1.165, 1.54) is 19.2 Å². The summed E-state index contributed by atoms with van der Waals surface area (Å²) in [4.78, 5) is 4.47. The van der Waals surface area contributed by atoms with Gasteiger partial charge in [-0.25, -0.2) is 9.37 Å². The summed E-state index contributed by atoms with van der Waals surface area (Å²) in [6.45, 7) is 0. The van der Waals surface area contributed by atoms with Gasteiger partial charge in [0.2, 0.25) is 0 Å². The van der Waals surface area contributed by atoms with Gasteiger partial charge in [-0.1, -0.05) is 0 Å². The van der Waals surface area contributed by atoms with Gasteiger partial charge >= 0.3 is 0 Å². The van der Waals surface area contributed by atoms with Gasteiger partial charge in [0.25, 0.3) is 0 Å². The van der Waals surface area contributed by atoms with Gasteiger partial charge in [-0.2, -0.15) is 5.26 Å². The fourth-order valence-corrected chi connectivity index (χ4v) is 3.91. The number of hydrogen-bond acceptors (Lipinski definition) is 5. The molecule has 24 heavy (non-hydrogen) atoms. The van der Waals surface area contributed by atoms with E-state index in [2.05, 4.69) is 16.4 Å². The Morgan fingerprint density at radius 1 is 1.42 bits per heavy atom. The number of fused-ring (bicyclic) bond motifs is 4. The van der Waals surface area contributed by atoms with E-state index in [-0.39, 0.29) is 23.2 Å². The third-order valence-electron chi connectivity index (χ3n) is 4.91. The Morgan fingerprint density at radius 3 is 3.00 bits per heavy atom. The Balaban J connectivity index is 2.07. The van der Waals surface area contributed by atoms with Gasteiger partial charge < -0.3 is 15.8 Å². The first-order chi connectivity index (χ1) is 11.6. The number of anilines is 1. The predicted molar refractivity (Wildman–Crippen MR) is 87.9 cm³/mol. The van der Waals surface area contributed by atoms with E-state index in [1.807, 2.05) is 0 Å². The van der Waals surface area contributed by atoms with E-state index in [1.54, 1.807) is 6.07 Å². The molecule has 0 unspecified atom stereocenters. The molecule has 3 heterocycles. The summed E-state index contributed by atoms with van der Waals surface area (Å²) in [5.74, 6) is 0.326. The second kappa shape index (κ2) is 5.46. The van der Waals surface area contributed by atoms with Gasteiger partial charge in [0.05, 0.1) is 7.11 Å². The molecule has 1 saturated heterocycles. The molecule has 1 aromatic carbocycles. The van der Waals surface area contributed by atoms with Crippen molar-refractivity contribution in [1.82, 2.24) is 10.3 Å². The highest BCUT2D eigenvalue weighted by atomic mass is 19.1. The molecule has 1 fully saturated rings. The van der Waals surface area contributed by atoms with Gasteiger partial charge in [-0.3, -0.25) is 0 Å². The maximum Gasteiger partial charge on any atom is 0.142 e. The first-order valence-corrected chi connectivity index (χ1v) is 7.94. The molecular formula is C18H17FN4O. The van der Waals surface area contributed by atoms with Crippen molar-refractivity contribution in [3.8, 4) is 22.9 Å². The third-order valence-corrected chi connectivity index (χ3v) is 4.91. The van der Waals surface area contributed by atoms with Crippen molar-refractivity contribution in [3.63, 3.8) is 0 Å². The highest BCUT2D eigenvalue weighted by Gasteiger charge is 2.37. The number of ether oxygens (including phenoxy) is 1. The average molecular weight is 324 g/mol. The normalized spacial score (nSPS) is 21.2. The van der Waals surface area contributed by atoms with Crippen LogP contribution in [-0.4, -0.2) is 18.1 Å². The smallest absolute Gasteiger partial charge is 0.142 e. The topological polar surface area (TPSA) is 84.0 Å². The van der Waals surface area contributed by atoms with E-state index in [4.69, 9.17) is 10.5 Å². The SMILES string of the molecule is COc1ccc(F)cc1-c1c(C#N)c(N)nc2c1[C@H]1CC[C@@H](C2)N1. The molecule has 0 radical (unpaired) electrons. The van der Waals surface area contributed by atoms with Crippen LogP contribution in [0.3, 0.4) is 0 Å². The van der Waals surface area contributed by atoms with Crippen molar-refractivity contribution >= 4 is 5.82 Å². The number of rotatable bonds is 2. The van der Waals surface area contributed by atoms with Crippen LogP contribution in [0.2, 0.25) is 0 Å². The first-order valence-electron chi connectivity index (χ1n) is 7.94. The summed E-state index contributed by atoms with van der Waals surface area (Å²) in [6.07, 6.45) is 2.80. The zero-order valence-electron chi connectivity index (χ0n) is 13.3. The molecule has 2 aliphatic heterocycles. The number of benzene rings is 1. The fourth-order valence-electron chi connectivity index (χ4n) is 3.91. The molecule has 2 atom stereocenters. The van der Waals surface area contributed by atoms with Gasteiger partial charge in [0, 0.05) is 40.9 Å². The molecule has 6 heteroatoms. The fraction of sp³-hybridized carbons (Fsp3) is 0.333. The van der Waals surface area contributed by atoms with Crippen molar-refractivity contribution in [2.24, 2.45) is 0 Å². The quantitative estimate of drug-likeness (QED) is 0.887.